The SMILES string of the molecule is COC(=O)CC(c1ccccc1)C(F)F. The highest BCUT2D eigenvalue weighted by molar-refractivity contribution is 5.70. The predicted octanol–water partition coefficient (Wildman–Crippen LogP) is 2.60. The van der Waals surface area contributed by atoms with E-state index in [4.69, 9.17) is 0 Å². The molecule has 1 aromatic carbocycles. The normalized spacial score (nSPS) is 12.5. The molecule has 1 rings (SSSR count). The van der Waals surface area contributed by atoms with Crippen LogP contribution < -0.4 is 0 Å². The van der Waals surface area contributed by atoms with Crippen molar-refractivity contribution in [3.63, 3.8) is 0 Å². The summed E-state index contributed by atoms with van der Waals surface area (Å²) in [6, 6.07) is 8.24. The van der Waals surface area contributed by atoms with Crippen LogP contribution in [0.1, 0.15) is 17.9 Å². The first-order valence-electron chi connectivity index (χ1n) is 4.55. The number of benzene rings is 1. The molecule has 0 fully saturated rings. The Bertz CT molecular complexity index is 312. The Hall–Kier alpha value is -1.45. The zero-order chi connectivity index (χ0) is 11.3. The number of carbonyl (C=O) groups excluding carboxylic acids is 1. The van der Waals surface area contributed by atoms with Crippen LogP contribution in [0, 0.1) is 0 Å². The number of ether oxygens (including phenoxy) is 1. The van der Waals surface area contributed by atoms with Gasteiger partial charge < -0.3 is 4.74 Å². The first kappa shape index (κ1) is 11.6. The highest BCUT2D eigenvalue weighted by atomic mass is 19.3. The molecule has 0 radical (unpaired) electrons. The van der Waals surface area contributed by atoms with Crippen molar-refractivity contribution in [3.05, 3.63) is 35.9 Å². The van der Waals surface area contributed by atoms with E-state index in [-0.39, 0.29) is 6.42 Å². The molecular weight excluding hydrogens is 202 g/mol. The maximum atomic E-state index is 12.7. The molecule has 0 saturated carbocycles. The van der Waals surface area contributed by atoms with Crippen LogP contribution in [0.3, 0.4) is 0 Å². The number of esters is 1. The largest absolute Gasteiger partial charge is 0.469 e. The molecule has 2 nitrogen and oxygen atoms in total. The lowest BCUT2D eigenvalue weighted by Gasteiger charge is -2.14. The summed E-state index contributed by atoms with van der Waals surface area (Å²) in [4.78, 5) is 10.9. The van der Waals surface area contributed by atoms with Gasteiger partial charge in [-0.15, -0.1) is 0 Å². The molecule has 15 heavy (non-hydrogen) atoms. The molecule has 0 N–H and O–H groups in total. The van der Waals surface area contributed by atoms with Crippen LogP contribution in [0.25, 0.3) is 0 Å². The number of hydrogen-bond donors (Lipinski definition) is 0. The molecule has 0 bridgehead atoms. The molecule has 1 unspecified atom stereocenters. The van der Waals surface area contributed by atoms with Crippen LogP contribution in [0.15, 0.2) is 30.3 Å². The molecule has 0 aromatic heterocycles. The van der Waals surface area contributed by atoms with Gasteiger partial charge in [-0.2, -0.15) is 0 Å². The van der Waals surface area contributed by atoms with E-state index in [1.807, 2.05) is 0 Å². The molecular formula is C11H12F2O2. The number of halogens is 2. The van der Waals surface area contributed by atoms with Crippen molar-refractivity contribution in [2.45, 2.75) is 18.8 Å². The predicted molar refractivity (Wildman–Crippen MR) is 51.8 cm³/mol. The smallest absolute Gasteiger partial charge is 0.306 e. The van der Waals surface area contributed by atoms with Gasteiger partial charge in [0, 0.05) is 0 Å². The van der Waals surface area contributed by atoms with Crippen molar-refractivity contribution in [1.82, 2.24) is 0 Å². The molecule has 82 valence electrons. The maximum Gasteiger partial charge on any atom is 0.306 e. The molecule has 0 aliphatic carbocycles. The number of hydrogen-bond acceptors (Lipinski definition) is 2. The summed E-state index contributed by atoms with van der Waals surface area (Å²) in [5.41, 5.74) is 0.456. The quantitative estimate of drug-likeness (QED) is 0.720. The molecule has 0 heterocycles. The van der Waals surface area contributed by atoms with Crippen molar-refractivity contribution < 1.29 is 18.3 Å². The third-order valence-electron chi connectivity index (χ3n) is 2.15. The van der Waals surface area contributed by atoms with Crippen molar-refractivity contribution >= 4 is 5.97 Å². The van der Waals surface area contributed by atoms with Crippen LogP contribution in [0.4, 0.5) is 8.78 Å². The lowest BCUT2D eigenvalue weighted by Crippen LogP contribution is -2.15. The zero-order valence-corrected chi connectivity index (χ0v) is 8.32. The Morgan fingerprint density at radius 2 is 1.93 bits per heavy atom. The van der Waals surface area contributed by atoms with E-state index in [0.29, 0.717) is 5.56 Å². The number of rotatable bonds is 4. The summed E-state index contributed by atoms with van der Waals surface area (Å²) < 4.78 is 29.7. The van der Waals surface area contributed by atoms with E-state index >= 15 is 0 Å². The maximum absolute atomic E-state index is 12.7. The van der Waals surface area contributed by atoms with E-state index in [1.165, 1.54) is 7.11 Å². The average molecular weight is 214 g/mol. The molecule has 0 amide bonds. The van der Waals surface area contributed by atoms with Crippen LogP contribution in [-0.2, 0) is 9.53 Å². The minimum Gasteiger partial charge on any atom is -0.469 e. The van der Waals surface area contributed by atoms with E-state index in [1.54, 1.807) is 30.3 Å². The topological polar surface area (TPSA) is 26.3 Å². The second-order valence-corrected chi connectivity index (χ2v) is 3.13. The van der Waals surface area contributed by atoms with E-state index in [2.05, 4.69) is 4.74 Å². The van der Waals surface area contributed by atoms with Gasteiger partial charge in [-0.3, -0.25) is 4.79 Å². The van der Waals surface area contributed by atoms with Gasteiger partial charge in [-0.25, -0.2) is 8.78 Å². The molecule has 0 saturated heterocycles. The van der Waals surface area contributed by atoms with Gasteiger partial charge in [-0.05, 0) is 5.56 Å². The lowest BCUT2D eigenvalue weighted by atomic mass is 9.96. The summed E-state index contributed by atoms with van der Waals surface area (Å²) in [7, 11) is 1.19. The molecule has 0 aliphatic heterocycles. The van der Waals surface area contributed by atoms with Gasteiger partial charge in [0.25, 0.3) is 0 Å². The number of alkyl halides is 2. The summed E-state index contributed by atoms with van der Waals surface area (Å²) in [5, 5.41) is 0. The molecule has 0 spiro atoms. The van der Waals surface area contributed by atoms with Crippen molar-refractivity contribution in [3.8, 4) is 0 Å². The molecule has 1 aromatic rings. The summed E-state index contributed by atoms with van der Waals surface area (Å²) in [5.74, 6) is -1.71. The average Bonchev–Trinajstić information content (AvgIpc) is 2.26. The second-order valence-electron chi connectivity index (χ2n) is 3.13. The fourth-order valence-corrected chi connectivity index (χ4v) is 1.32. The second kappa shape index (κ2) is 5.44. The Morgan fingerprint density at radius 3 is 2.40 bits per heavy atom. The van der Waals surface area contributed by atoms with Crippen LogP contribution >= 0.6 is 0 Å². The highest BCUT2D eigenvalue weighted by Crippen LogP contribution is 2.26. The molecule has 1 atom stereocenters. The van der Waals surface area contributed by atoms with E-state index < -0.39 is 18.3 Å². The number of methoxy groups -OCH3 is 1. The highest BCUT2D eigenvalue weighted by Gasteiger charge is 2.25. The van der Waals surface area contributed by atoms with Crippen molar-refractivity contribution in [2.24, 2.45) is 0 Å². The van der Waals surface area contributed by atoms with Crippen LogP contribution in [0.5, 0.6) is 0 Å². The van der Waals surface area contributed by atoms with Gasteiger partial charge in [0.05, 0.1) is 19.4 Å². The van der Waals surface area contributed by atoms with Gasteiger partial charge in [-0.1, -0.05) is 30.3 Å². The minimum absolute atomic E-state index is 0.293. The number of carbonyl (C=O) groups is 1. The monoisotopic (exact) mass is 214 g/mol. The Kier molecular flexibility index (Phi) is 4.21. The zero-order valence-electron chi connectivity index (χ0n) is 8.32. The summed E-state index contributed by atoms with van der Waals surface area (Å²) >= 11 is 0. The Morgan fingerprint density at radius 1 is 1.33 bits per heavy atom. The molecule has 0 aliphatic rings. The first-order valence-corrected chi connectivity index (χ1v) is 4.55. The summed E-state index contributed by atoms with van der Waals surface area (Å²) in [6.45, 7) is 0. The van der Waals surface area contributed by atoms with Crippen LogP contribution in [-0.4, -0.2) is 19.5 Å². The summed E-state index contributed by atoms with van der Waals surface area (Å²) in [6.07, 6.45) is -2.86. The lowest BCUT2D eigenvalue weighted by molar-refractivity contribution is -0.142. The van der Waals surface area contributed by atoms with E-state index in [0.717, 1.165) is 0 Å². The van der Waals surface area contributed by atoms with Gasteiger partial charge in [0.2, 0.25) is 6.43 Å². The third kappa shape index (κ3) is 3.31. The Balaban J connectivity index is 2.79. The van der Waals surface area contributed by atoms with Crippen LogP contribution in [0.2, 0.25) is 0 Å². The van der Waals surface area contributed by atoms with E-state index in [9.17, 15) is 13.6 Å². The Labute approximate surface area is 86.9 Å². The standard InChI is InChI=1S/C11H12F2O2/c1-15-10(14)7-9(11(12)13)8-5-3-2-4-6-8/h2-6,9,11H,7H2,1H3. The fourth-order valence-electron chi connectivity index (χ4n) is 1.32. The van der Waals surface area contributed by atoms with Crippen molar-refractivity contribution in [2.75, 3.05) is 7.11 Å². The van der Waals surface area contributed by atoms with Gasteiger partial charge in [0.15, 0.2) is 0 Å². The third-order valence-corrected chi connectivity index (χ3v) is 2.15. The van der Waals surface area contributed by atoms with Crippen molar-refractivity contribution in [1.29, 1.82) is 0 Å². The minimum atomic E-state index is -2.56. The van der Waals surface area contributed by atoms with Gasteiger partial charge >= 0.3 is 5.97 Å². The first-order chi connectivity index (χ1) is 7.15. The fraction of sp³-hybridized carbons (Fsp3) is 0.364. The van der Waals surface area contributed by atoms with Gasteiger partial charge in [0.1, 0.15) is 0 Å². The molecule has 4 heteroatoms.